The summed E-state index contributed by atoms with van der Waals surface area (Å²) in [6.45, 7) is 0. The number of rotatable bonds is 3. The number of fused-ring (bicyclic) bond motifs is 1. The van der Waals surface area contributed by atoms with E-state index in [0.717, 1.165) is 23.0 Å². The second kappa shape index (κ2) is 6.06. The van der Waals surface area contributed by atoms with Crippen LogP contribution >= 0.6 is 15.9 Å². The molecule has 0 saturated heterocycles. The third-order valence-electron chi connectivity index (χ3n) is 4.09. The normalized spacial score (nSPS) is 19.4. The number of aryl methyl sites for hydroxylation is 1. The van der Waals surface area contributed by atoms with Gasteiger partial charge in [0.1, 0.15) is 0 Å². The molecule has 0 fully saturated rings. The molecule has 2 atom stereocenters. The first-order chi connectivity index (χ1) is 9.74. The van der Waals surface area contributed by atoms with E-state index in [1.807, 2.05) is 12.1 Å². The fourth-order valence-electron chi connectivity index (χ4n) is 3.07. The summed E-state index contributed by atoms with van der Waals surface area (Å²) in [5.74, 6) is 0.445. The molecule has 0 spiro atoms. The highest BCUT2D eigenvalue weighted by atomic mass is 79.9. The maximum atomic E-state index is 10.4. The molecule has 20 heavy (non-hydrogen) atoms. The molecule has 1 aliphatic carbocycles. The van der Waals surface area contributed by atoms with Gasteiger partial charge in [-0.15, -0.1) is 0 Å². The number of pyridine rings is 1. The standard InChI is InChI=1S/C17H18BrNO/c18-14-8-9-16(19-11-14)17(20)10-13-6-3-5-12-4-1-2-7-15(12)13/h1-2,4,7-9,11,13,17,20H,3,5-6,10H2. The zero-order valence-electron chi connectivity index (χ0n) is 11.3. The molecule has 1 heterocycles. The Labute approximate surface area is 128 Å². The van der Waals surface area contributed by atoms with Crippen LogP contribution in [0.4, 0.5) is 0 Å². The summed E-state index contributed by atoms with van der Waals surface area (Å²) in [5.41, 5.74) is 3.62. The quantitative estimate of drug-likeness (QED) is 0.904. The summed E-state index contributed by atoms with van der Waals surface area (Å²) in [4.78, 5) is 4.30. The fourth-order valence-corrected chi connectivity index (χ4v) is 3.31. The number of nitrogens with zero attached hydrogens (tertiary/aromatic N) is 1. The molecule has 2 aromatic rings. The van der Waals surface area contributed by atoms with Crippen molar-refractivity contribution >= 4 is 15.9 Å². The summed E-state index contributed by atoms with van der Waals surface area (Å²) < 4.78 is 0.941. The molecule has 0 aliphatic heterocycles. The maximum Gasteiger partial charge on any atom is 0.0965 e. The predicted molar refractivity (Wildman–Crippen MR) is 83.6 cm³/mol. The van der Waals surface area contributed by atoms with E-state index in [1.165, 1.54) is 24.0 Å². The number of aromatic nitrogens is 1. The van der Waals surface area contributed by atoms with Crippen LogP contribution in [0.5, 0.6) is 0 Å². The van der Waals surface area contributed by atoms with Gasteiger partial charge in [-0.2, -0.15) is 0 Å². The molecule has 0 bridgehead atoms. The van der Waals surface area contributed by atoms with Gasteiger partial charge in [-0.25, -0.2) is 0 Å². The summed E-state index contributed by atoms with van der Waals surface area (Å²) in [5, 5.41) is 10.4. The first-order valence-electron chi connectivity index (χ1n) is 7.11. The molecule has 0 saturated carbocycles. The van der Waals surface area contributed by atoms with Crippen molar-refractivity contribution in [2.24, 2.45) is 0 Å². The fraction of sp³-hybridized carbons (Fsp3) is 0.353. The summed E-state index contributed by atoms with van der Waals surface area (Å²) in [7, 11) is 0. The lowest BCUT2D eigenvalue weighted by Crippen LogP contribution is -2.13. The van der Waals surface area contributed by atoms with E-state index in [0.29, 0.717) is 5.92 Å². The van der Waals surface area contributed by atoms with E-state index in [9.17, 15) is 5.11 Å². The van der Waals surface area contributed by atoms with Crippen molar-refractivity contribution in [3.63, 3.8) is 0 Å². The lowest BCUT2D eigenvalue weighted by Gasteiger charge is -2.27. The van der Waals surface area contributed by atoms with Gasteiger partial charge < -0.3 is 5.11 Å². The molecule has 104 valence electrons. The van der Waals surface area contributed by atoms with Crippen LogP contribution in [-0.2, 0) is 6.42 Å². The summed E-state index contributed by atoms with van der Waals surface area (Å²) in [6, 6.07) is 12.5. The molecule has 1 aliphatic rings. The second-order valence-corrected chi connectivity index (χ2v) is 6.36. The Bertz CT molecular complexity index is 582. The lowest BCUT2D eigenvalue weighted by atomic mass is 9.79. The van der Waals surface area contributed by atoms with E-state index in [1.54, 1.807) is 6.20 Å². The Kier molecular flexibility index (Phi) is 4.18. The number of halogens is 1. The molecule has 2 unspecified atom stereocenters. The van der Waals surface area contributed by atoms with Crippen LogP contribution in [0.15, 0.2) is 47.1 Å². The van der Waals surface area contributed by atoms with Crippen molar-refractivity contribution in [3.8, 4) is 0 Å². The average Bonchev–Trinajstić information content (AvgIpc) is 2.48. The Morgan fingerprint density at radius 3 is 2.90 bits per heavy atom. The Hall–Kier alpha value is -1.19. The van der Waals surface area contributed by atoms with Crippen LogP contribution in [0.25, 0.3) is 0 Å². The average molecular weight is 332 g/mol. The van der Waals surface area contributed by atoms with Crippen molar-refractivity contribution < 1.29 is 5.11 Å². The van der Waals surface area contributed by atoms with Crippen molar-refractivity contribution in [2.75, 3.05) is 0 Å². The van der Waals surface area contributed by atoms with Gasteiger partial charge in [0.2, 0.25) is 0 Å². The van der Waals surface area contributed by atoms with Gasteiger partial charge in [0.15, 0.2) is 0 Å². The first-order valence-corrected chi connectivity index (χ1v) is 7.90. The van der Waals surface area contributed by atoms with Crippen molar-refractivity contribution in [1.82, 2.24) is 4.98 Å². The van der Waals surface area contributed by atoms with E-state index < -0.39 is 6.10 Å². The summed E-state index contributed by atoms with van der Waals surface area (Å²) >= 11 is 3.37. The first kappa shape index (κ1) is 13.8. The topological polar surface area (TPSA) is 33.1 Å². The zero-order valence-corrected chi connectivity index (χ0v) is 12.9. The minimum Gasteiger partial charge on any atom is -0.387 e. The van der Waals surface area contributed by atoms with Crippen LogP contribution in [0.3, 0.4) is 0 Å². The van der Waals surface area contributed by atoms with Gasteiger partial charge in [-0.1, -0.05) is 24.3 Å². The second-order valence-electron chi connectivity index (χ2n) is 5.44. The van der Waals surface area contributed by atoms with E-state index in [4.69, 9.17) is 0 Å². The highest BCUT2D eigenvalue weighted by Gasteiger charge is 2.23. The molecule has 3 rings (SSSR count). The zero-order chi connectivity index (χ0) is 13.9. The third-order valence-corrected chi connectivity index (χ3v) is 4.56. The van der Waals surface area contributed by atoms with Crippen LogP contribution < -0.4 is 0 Å². The van der Waals surface area contributed by atoms with Crippen LogP contribution in [-0.4, -0.2) is 10.1 Å². The molecule has 1 aromatic carbocycles. The molecule has 1 aromatic heterocycles. The van der Waals surface area contributed by atoms with E-state index in [-0.39, 0.29) is 0 Å². The number of hydrogen-bond acceptors (Lipinski definition) is 2. The number of aliphatic hydroxyl groups is 1. The van der Waals surface area contributed by atoms with Gasteiger partial charge in [-0.3, -0.25) is 4.98 Å². The number of aliphatic hydroxyl groups excluding tert-OH is 1. The Balaban J connectivity index is 1.77. The number of benzene rings is 1. The third kappa shape index (κ3) is 2.94. The molecule has 2 nitrogen and oxygen atoms in total. The lowest BCUT2D eigenvalue weighted by molar-refractivity contribution is 0.149. The van der Waals surface area contributed by atoms with Crippen molar-refractivity contribution in [1.29, 1.82) is 0 Å². The Morgan fingerprint density at radius 1 is 1.25 bits per heavy atom. The maximum absolute atomic E-state index is 10.4. The van der Waals surface area contributed by atoms with Crippen LogP contribution in [0.2, 0.25) is 0 Å². The van der Waals surface area contributed by atoms with Gasteiger partial charge in [-0.05, 0) is 70.8 Å². The van der Waals surface area contributed by atoms with Gasteiger partial charge in [0, 0.05) is 10.7 Å². The number of hydrogen-bond donors (Lipinski definition) is 1. The SMILES string of the molecule is OC(CC1CCCc2ccccc21)c1ccc(Br)cn1. The monoisotopic (exact) mass is 331 g/mol. The molecule has 1 N–H and O–H groups in total. The van der Waals surface area contributed by atoms with Crippen molar-refractivity contribution in [2.45, 2.75) is 37.7 Å². The molecular weight excluding hydrogens is 314 g/mol. The highest BCUT2D eigenvalue weighted by molar-refractivity contribution is 9.10. The smallest absolute Gasteiger partial charge is 0.0965 e. The van der Waals surface area contributed by atoms with Gasteiger partial charge >= 0.3 is 0 Å². The van der Waals surface area contributed by atoms with Gasteiger partial charge in [0.25, 0.3) is 0 Å². The Morgan fingerprint density at radius 2 is 2.10 bits per heavy atom. The molecule has 0 amide bonds. The highest BCUT2D eigenvalue weighted by Crippen LogP contribution is 2.37. The molecule has 0 radical (unpaired) electrons. The minimum absolute atomic E-state index is 0.445. The summed E-state index contributed by atoms with van der Waals surface area (Å²) in [6.07, 6.45) is 5.55. The van der Waals surface area contributed by atoms with E-state index in [2.05, 4.69) is 45.2 Å². The molecule has 3 heteroatoms. The van der Waals surface area contributed by atoms with Crippen molar-refractivity contribution in [3.05, 3.63) is 63.9 Å². The minimum atomic E-state index is -0.487. The predicted octanol–water partition coefficient (Wildman–Crippen LogP) is 4.39. The molecular formula is C17H18BrNO. The van der Waals surface area contributed by atoms with Crippen LogP contribution in [0, 0.1) is 0 Å². The van der Waals surface area contributed by atoms with Gasteiger partial charge in [0.05, 0.1) is 11.8 Å². The van der Waals surface area contributed by atoms with E-state index >= 15 is 0 Å². The largest absolute Gasteiger partial charge is 0.387 e. The van der Waals surface area contributed by atoms with Crippen LogP contribution in [0.1, 0.15) is 48.1 Å².